The van der Waals surface area contributed by atoms with E-state index in [2.05, 4.69) is 21.2 Å². The van der Waals surface area contributed by atoms with E-state index >= 15 is 0 Å². The number of amides is 1. The van der Waals surface area contributed by atoms with Crippen LogP contribution in [-0.2, 0) is 14.8 Å². The molecule has 0 radical (unpaired) electrons. The van der Waals surface area contributed by atoms with Crippen LogP contribution in [0.25, 0.3) is 0 Å². The van der Waals surface area contributed by atoms with Gasteiger partial charge in [0.1, 0.15) is 0 Å². The van der Waals surface area contributed by atoms with Crippen molar-refractivity contribution < 1.29 is 13.2 Å². The average molecular weight is 413 g/mol. The quantitative estimate of drug-likeness (QED) is 0.798. The largest absolute Gasteiger partial charge is 0.339 e. The zero-order chi connectivity index (χ0) is 15.5. The lowest BCUT2D eigenvalue weighted by atomic mass is 10.3. The number of carbonyl (C=O) groups excluding carboxylic acids is 1. The predicted molar refractivity (Wildman–Crippen MR) is 90.7 cm³/mol. The SMILES string of the molecule is CNCC(=O)N1CCN(S(=O)(=O)c2ccc(Br)cc2)CC1.Cl. The number of rotatable bonds is 4. The summed E-state index contributed by atoms with van der Waals surface area (Å²) in [5, 5.41) is 2.81. The number of hydrogen-bond acceptors (Lipinski definition) is 4. The van der Waals surface area contributed by atoms with Gasteiger partial charge in [0.2, 0.25) is 15.9 Å². The summed E-state index contributed by atoms with van der Waals surface area (Å²) in [7, 11) is -1.77. The third kappa shape index (κ3) is 4.42. The number of halogens is 2. The number of piperazine rings is 1. The van der Waals surface area contributed by atoms with Crippen molar-refractivity contribution in [2.45, 2.75) is 4.90 Å². The van der Waals surface area contributed by atoms with Crippen LogP contribution in [0.15, 0.2) is 33.6 Å². The van der Waals surface area contributed by atoms with E-state index in [1.807, 2.05) is 0 Å². The van der Waals surface area contributed by atoms with Crippen LogP contribution in [-0.4, -0.2) is 63.3 Å². The van der Waals surface area contributed by atoms with E-state index in [0.29, 0.717) is 26.2 Å². The summed E-state index contributed by atoms with van der Waals surface area (Å²) in [5.41, 5.74) is 0. The van der Waals surface area contributed by atoms with Crippen LogP contribution in [0.4, 0.5) is 0 Å². The Labute approximate surface area is 145 Å². The first-order valence-electron chi connectivity index (χ1n) is 6.63. The Morgan fingerprint density at radius 3 is 2.23 bits per heavy atom. The van der Waals surface area contributed by atoms with Crippen molar-refractivity contribution in [3.8, 4) is 0 Å². The minimum Gasteiger partial charge on any atom is -0.339 e. The molecule has 0 spiro atoms. The standard InChI is InChI=1S/C13H18BrN3O3S.ClH/c1-15-10-13(18)16-6-8-17(9-7-16)21(19,20)12-4-2-11(14)3-5-12;/h2-5,15H,6-10H2,1H3;1H. The van der Waals surface area contributed by atoms with Gasteiger partial charge in [0.25, 0.3) is 0 Å². The Morgan fingerprint density at radius 2 is 1.73 bits per heavy atom. The molecule has 0 aromatic heterocycles. The highest BCUT2D eigenvalue weighted by Crippen LogP contribution is 2.20. The summed E-state index contributed by atoms with van der Waals surface area (Å²) in [6.45, 7) is 1.79. The molecule has 9 heteroatoms. The molecule has 124 valence electrons. The van der Waals surface area contributed by atoms with Crippen LogP contribution < -0.4 is 5.32 Å². The number of sulfonamides is 1. The zero-order valence-electron chi connectivity index (χ0n) is 12.2. The van der Waals surface area contributed by atoms with Gasteiger partial charge in [-0.3, -0.25) is 4.79 Å². The van der Waals surface area contributed by atoms with Crippen LogP contribution in [0.3, 0.4) is 0 Å². The maximum atomic E-state index is 12.5. The molecule has 1 heterocycles. The number of benzene rings is 1. The average Bonchev–Trinajstić information content (AvgIpc) is 2.48. The molecular weight excluding hydrogens is 394 g/mol. The summed E-state index contributed by atoms with van der Waals surface area (Å²) in [6, 6.07) is 6.58. The zero-order valence-corrected chi connectivity index (χ0v) is 15.4. The molecule has 0 unspecified atom stereocenters. The fourth-order valence-corrected chi connectivity index (χ4v) is 3.88. The van der Waals surface area contributed by atoms with Crippen LogP contribution >= 0.6 is 28.3 Å². The Bertz CT molecular complexity index is 601. The maximum absolute atomic E-state index is 12.5. The maximum Gasteiger partial charge on any atom is 0.243 e. The molecule has 0 atom stereocenters. The molecule has 1 N–H and O–H groups in total. The number of likely N-dealkylation sites (N-methyl/N-ethyl adjacent to an activating group) is 1. The second kappa shape index (κ2) is 8.26. The topological polar surface area (TPSA) is 69.7 Å². The molecule has 1 aliphatic rings. The van der Waals surface area contributed by atoms with E-state index in [1.54, 1.807) is 36.2 Å². The van der Waals surface area contributed by atoms with Gasteiger partial charge >= 0.3 is 0 Å². The van der Waals surface area contributed by atoms with Crippen molar-refractivity contribution in [2.24, 2.45) is 0 Å². The molecular formula is C13H19BrClN3O3S. The van der Waals surface area contributed by atoms with Gasteiger partial charge in [0, 0.05) is 30.7 Å². The van der Waals surface area contributed by atoms with Gasteiger partial charge in [-0.2, -0.15) is 4.31 Å². The minimum absolute atomic E-state index is 0. The predicted octanol–water partition coefficient (Wildman–Crippen LogP) is 0.923. The van der Waals surface area contributed by atoms with Crippen molar-refractivity contribution in [3.63, 3.8) is 0 Å². The lowest BCUT2D eigenvalue weighted by Gasteiger charge is -2.34. The molecule has 1 aromatic carbocycles. The Hall–Kier alpha value is -0.670. The Morgan fingerprint density at radius 1 is 1.18 bits per heavy atom. The van der Waals surface area contributed by atoms with Crippen LogP contribution in [0.2, 0.25) is 0 Å². The fourth-order valence-electron chi connectivity index (χ4n) is 2.20. The normalized spacial score (nSPS) is 16.2. The lowest BCUT2D eigenvalue weighted by molar-refractivity contribution is -0.131. The van der Waals surface area contributed by atoms with Gasteiger partial charge in [-0.25, -0.2) is 8.42 Å². The fraction of sp³-hybridized carbons (Fsp3) is 0.462. The lowest BCUT2D eigenvalue weighted by Crippen LogP contribution is -2.52. The molecule has 1 aliphatic heterocycles. The van der Waals surface area contributed by atoms with Crippen molar-refractivity contribution in [1.82, 2.24) is 14.5 Å². The molecule has 1 saturated heterocycles. The smallest absolute Gasteiger partial charge is 0.243 e. The third-order valence-electron chi connectivity index (χ3n) is 3.37. The molecule has 22 heavy (non-hydrogen) atoms. The van der Waals surface area contributed by atoms with Gasteiger partial charge < -0.3 is 10.2 Å². The Balaban J connectivity index is 0.00000242. The summed E-state index contributed by atoms with van der Waals surface area (Å²) in [6.07, 6.45) is 0. The number of nitrogens with one attached hydrogen (secondary N) is 1. The van der Waals surface area contributed by atoms with Gasteiger partial charge in [-0.15, -0.1) is 12.4 Å². The molecule has 0 aliphatic carbocycles. The van der Waals surface area contributed by atoms with Gasteiger partial charge in [-0.05, 0) is 31.3 Å². The summed E-state index contributed by atoms with van der Waals surface area (Å²) in [4.78, 5) is 13.7. The molecule has 6 nitrogen and oxygen atoms in total. The van der Waals surface area contributed by atoms with Crippen LogP contribution in [0, 0.1) is 0 Å². The summed E-state index contributed by atoms with van der Waals surface area (Å²) in [5.74, 6) is -0.00168. The second-order valence-electron chi connectivity index (χ2n) is 4.77. The molecule has 1 amide bonds. The van der Waals surface area contributed by atoms with Crippen molar-refractivity contribution in [2.75, 3.05) is 39.8 Å². The Kier molecular flexibility index (Phi) is 7.27. The van der Waals surface area contributed by atoms with Crippen molar-refractivity contribution in [3.05, 3.63) is 28.7 Å². The molecule has 1 fully saturated rings. The molecule has 0 bridgehead atoms. The van der Waals surface area contributed by atoms with E-state index in [1.165, 1.54) is 4.31 Å². The van der Waals surface area contributed by atoms with E-state index in [4.69, 9.17) is 0 Å². The van der Waals surface area contributed by atoms with Crippen molar-refractivity contribution >= 4 is 44.3 Å². The summed E-state index contributed by atoms with van der Waals surface area (Å²) >= 11 is 3.29. The number of carbonyl (C=O) groups is 1. The first-order valence-corrected chi connectivity index (χ1v) is 8.86. The van der Waals surface area contributed by atoms with E-state index < -0.39 is 10.0 Å². The highest BCUT2D eigenvalue weighted by atomic mass is 79.9. The van der Waals surface area contributed by atoms with Crippen molar-refractivity contribution in [1.29, 1.82) is 0 Å². The highest BCUT2D eigenvalue weighted by molar-refractivity contribution is 9.10. The van der Waals surface area contributed by atoms with E-state index in [9.17, 15) is 13.2 Å². The molecule has 0 saturated carbocycles. The first kappa shape index (κ1) is 19.4. The monoisotopic (exact) mass is 411 g/mol. The third-order valence-corrected chi connectivity index (χ3v) is 5.81. The highest BCUT2D eigenvalue weighted by Gasteiger charge is 2.29. The van der Waals surface area contributed by atoms with Crippen LogP contribution in [0.5, 0.6) is 0 Å². The second-order valence-corrected chi connectivity index (χ2v) is 7.62. The molecule has 1 aromatic rings. The van der Waals surface area contributed by atoms with E-state index in [0.717, 1.165) is 4.47 Å². The van der Waals surface area contributed by atoms with E-state index in [-0.39, 0.29) is 29.8 Å². The van der Waals surface area contributed by atoms with Gasteiger partial charge in [0.15, 0.2) is 0 Å². The summed E-state index contributed by atoms with van der Waals surface area (Å²) < 4.78 is 27.3. The minimum atomic E-state index is -3.48. The number of hydrogen-bond donors (Lipinski definition) is 1. The first-order chi connectivity index (χ1) is 9.95. The van der Waals surface area contributed by atoms with Gasteiger partial charge in [0.05, 0.1) is 11.4 Å². The molecule has 2 rings (SSSR count). The van der Waals surface area contributed by atoms with Crippen LogP contribution in [0.1, 0.15) is 0 Å². The van der Waals surface area contributed by atoms with Gasteiger partial charge in [-0.1, -0.05) is 15.9 Å². The number of nitrogens with zero attached hydrogens (tertiary/aromatic N) is 2.